The Bertz CT molecular complexity index is 1100. The second kappa shape index (κ2) is 8.27. The van der Waals surface area contributed by atoms with Crippen LogP contribution in [0.4, 0.5) is 11.4 Å². The molecule has 0 bridgehead atoms. The van der Waals surface area contributed by atoms with Gasteiger partial charge in [-0.25, -0.2) is 4.79 Å². The normalized spacial score (nSPS) is 14.9. The van der Waals surface area contributed by atoms with Crippen molar-refractivity contribution in [1.29, 1.82) is 0 Å². The number of anilines is 2. The zero-order valence-corrected chi connectivity index (χ0v) is 16.9. The molecule has 0 aliphatic carbocycles. The SMILES string of the molecule is CCN1CCN(c2ccc(NC(=O)c3cc4ccccc4oc3=O)cc2Cl)CC1. The summed E-state index contributed by atoms with van der Waals surface area (Å²) in [5, 5.41) is 4.00. The average molecular weight is 412 g/mol. The molecule has 2 aromatic carbocycles. The minimum absolute atomic E-state index is 0.0420. The van der Waals surface area contributed by atoms with E-state index < -0.39 is 11.5 Å². The molecule has 0 radical (unpaired) electrons. The number of benzene rings is 2. The van der Waals surface area contributed by atoms with E-state index in [4.69, 9.17) is 16.0 Å². The van der Waals surface area contributed by atoms with Crippen molar-refractivity contribution >= 4 is 39.9 Å². The van der Waals surface area contributed by atoms with Crippen LogP contribution in [0.15, 0.2) is 57.7 Å². The van der Waals surface area contributed by atoms with Crippen LogP contribution in [0.2, 0.25) is 5.02 Å². The van der Waals surface area contributed by atoms with Gasteiger partial charge in [-0.2, -0.15) is 0 Å². The highest BCUT2D eigenvalue weighted by molar-refractivity contribution is 6.33. The third-order valence-corrected chi connectivity index (χ3v) is 5.55. The summed E-state index contributed by atoms with van der Waals surface area (Å²) in [6, 6.07) is 14.0. The quantitative estimate of drug-likeness (QED) is 0.661. The Kier molecular flexibility index (Phi) is 5.56. The fourth-order valence-corrected chi connectivity index (χ4v) is 3.86. The van der Waals surface area contributed by atoms with Crippen molar-refractivity contribution in [3.8, 4) is 0 Å². The molecular weight excluding hydrogens is 390 g/mol. The Balaban J connectivity index is 1.51. The highest BCUT2D eigenvalue weighted by Gasteiger charge is 2.19. The maximum atomic E-state index is 12.6. The first kappa shape index (κ1) is 19.5. The van der Waals surface area contributed by atoms with Gasteiger partial charge >= 0.3 is 5.63 Å². The van der Waals surface area contributed by atoms with Crippen LogP contribution in [0.3, 0.4) is 0 Å². The number of fused-ring (bicyclic) bond motifs is 1. The molecule has 6 nitrogen and oxygen atoms in total. The topological polar surface area (TPSA) is 65.8 Å². The first-order chi connectivity index (χ1) is 14.0. The summed E-state index contributed by atoms with van der Waals surface area (Å²) in [5.41, 5.74) is 1.22. The smallest absolute Gasteiger partial charge is 0.349 e. The lowest BCUT2D eigenvalue weighted by Gasteiger charge is -2.36. The largest absolute Gasteiger partial charge is 0.422 e. The Morgan fingerprint density at radius 3 is 2.59 bits per heavy atom. The number of nitrogens with zero attached hydrogens (tertiary/aromatic N) is 2. The fourth-order valence-electron chi connectivity index (χ4n) is 3.56. The number of rotatable bonds is 4. The highest BCUT2D eigenvalue weighted by atomic mass is 35.5. The number of carbonyl (C=O) groups is 1. The van der Waals surface area contributed by atoms with Gasteiger partial charge in [0.2, 0.25) is 0 Å². The van der Waals surface area contributed by atoms with Gasteiger partial charge in [-0.15, -0.1) is 0 Å². The van der Waals surface area contributed by atoms with Gasteiger partial charge in [0.05, 0.1) is 10.7 Å². The molecule has 7 heteroatoms. The van der Waals surface area contributed by atoms with Crippen molar-refractivity contribution in [2.24, 2.45) is 0 Å². The Labute approximate surface area is 173 Å². The van der Waals surface area contributed by atoms with E-state index in [9.17, 15) is 9.59 Å². The Morgan fingerprint density at radius 1 is 1.10 bits per heavy atom. The number of hydrogen-bond donors (Lipinski definition) is 1. The Hall–Kier alpha value is -2.83. The van der Waals surface area contributed by atoms with Crippen LogP contribution in [0.25, 0.3) is 11.0 Å². The lowest BCUT2D eigenvalue weighted by molar-refractivity contribution is 0.102. The van der Waals surface area contributed by atoms with Crippen LogP contribution in [0, 0.1) is 0 Å². The van der Waals surface area contributed by atoms with Gasteiger partial charge < -0.3 is 19.5 Å². The summed E-state index contributed by atoms with van der Waals surface area (Å²) in [6.45, 7) is 7.05. The van der Waals surface area contributed by atoms with Crippen molar-refractivity contribution < 1.29 is 9.21 Å². The number of likely N-dealkylation sites (N-methyl/N-ethyl adjacent to an activating group) is 1. The van der Waals surface area contributed by atoms with Gasteiger partial charge in [-0.3, -0.25) is 4.79 Å². The van der Waals surface area contributed by atoms with Gasteiger partial charge in [-0.1, -0.05) is 36.7 Å². The molecule has 1 saturated heterocycles. The van der Waals surface area contributed by atoms with Crippen LogP contribution in [0.1, 0.15) is 17.3 Å². The molecule has 0 atom stereocenters. The molecule has 1 aliphatic heterocycles. The van der Waals surface area contributed by atoms with E-state index in [-0.39, 0.29) is 5.56 Å². The zero-order chi connectivity index (χ0) is 20.4. The maximum absolute atomic E-state index is 12.6. The van der Waals surface area contributed by atoms with Gasteiger partial charge in [0.1, 0.15) is 11.1 Å². The number of piperazine rings is 1. The number of amides is 1. The van der Waals surface area contributed by atoms with Crippen molar-refractivity contribution in [3.63, 3.8) is 0 Å². The molecule has 2 heterocycles. The van der Waals surface area contributed by atoms with Crippen LogP contribution in [-0.2, 0) is 0 Å². The third kappa shape index (κ3) is 4.13. The molecule has 29 heavy (non-hydrogen) atoms. The monoisotopic (exact) mass is 411 g/mol. The molecule has 0 unspecified atom stereocenters. The predicted octanol–water partition coefficient (Wildman–Crippen LogP) is 3.84. The van der Waals surface area contributed by atoms with Gasteiger partial charge in [0.25, 0.3) is 5.91 Å². The van der Waals surface area contributed by atoms with E-state index in [2.05, 4.69) is 22.0 Å². The average Bonchev–Trinajstić information content (AvgIpc) is 2.73. The molecule has 1 amide bonds. The van der Waals surface area contributed by atoms with E-state index in [0.717, 1.165) is 38.4 Å². The molecular formula is C22H22ClN3O3. The van der Waals surface area contributed by atoms with Crippen LogP contribution < -0.4 is 15.8 Å². The molecule has 1 aromatic heterocycles. The second-order valence-corrected chi connectivity index (χ2v) is 7.43. The number of nitrogens with one attached hydrogen (secondary N) is 1. The molecule has 1 aliphatic rings. The Morgan fingerprint density at radius 2 is 1.86 bits per heavy atom. The number of hydrogen-bond acceptors (Lipinski definition) is 5. The standard InChI is InChI=1S/C22H22ClN3O3/c1-2-25-9-11-26(12-10-25)19-8-7-16(14-18(19)23)24-21(27)17-13-15-5-3-4-6-20(15)29-22(17)28/h3-8,13-14H,2,9-12H2,1H3,(H,24,27). The molecule has 0 spiro atoms. The zero-order valence-electron chi connectivity index (χ0n) is 16.2. The summed E-state index contributed by atoms with van der Waals surface area (Å²) in [4.78, 5) is 29.4. The van der Waals surface area contributed by atoms with Crippen molar-refractivity contribution in [2.45, 2.75) is 6.92 Å². The summed E-state index contributed by atoms with van der Waals surface area (Å²) in [7, 11) is 0. The second-order valence-electron chi connectivity index (χ2n) is 7.03. The van der Waals surface area contributed by atoms with Crippen molar-refractivity contribution in [2.75, 3.05) is 42.9 Å². The lowest BCUT2D eigenvalue weighted by atomic mass is 10.1. The lowest BCUT2D eigenvalue weighted by Crippen LogP contribution is -2.46. The summed E-state index contributed by atoms with van der Waals surface area (Å²) < 4.78 is 5.24. The van der Waals surface area contributed by atoms with E-state index in [1.807, 2.05) is 12.1 Å². The number of carbonyl (C=O) groups excluding carboxylic acids is 1. The van der Waals surface area contributed by atoms with Crippen molar-refractivity contribution in [3.05, 3.63) is 69.5 Å². The van der Waals surface area contributed by atoms with E-state index in [1.165, 1.54) is 0 Å². The number of para-hydroxylation sites is 1. The number of halogens is 1. The fraction of sp³-hybridized carbons (Fsp3) is 0.273. The molecule has 1 fully saturated rings. The van der Waals surface area contributed by atoms with Crippen LogP contribution >= 0.6 is 11.6 Å². The predicted molar refractivity (Wildman–Crippen MR) is 116 cm³/mol. The summed E-state index contributed by atoms with van der Waals surface area (Å²) in [5.74, 6) is -0.523. The van der Waals surface area contributed by atoms with E-state index in [0.29, 0.717) is 21.7 Å². The van der Waals surface area contributed by atoms with Gasteiger partial charge in [0, 0.05) is 37.3 Å². The van der Waals surface area contributed by atoms with Crippen LogP contribution in [0.5, 0.6) is 0 Å². The van der Waals surface area contributed by atoms with Gasteiger partial charge in [-0.05, 0) is 36.9 Å². The van der Waals surface area contributed by atoms with Crippen LogP contribution in [-0.4, -0.2) is 43.5 Å². The molecule has 4 rings (SSSR count). The minimum Gasteiger partial charge on any atom is -0.422 e. The van der Waals surface area contributed by atoms with Gasteiger partial charge in [0.15, 0.2) is 0 Å². The first-order valence-corrected chi connectivity index (χ1v) is 10.0. The summed E-state index contributed by atoms with van der Waals surface area (Å²) >= 11 is 6.49. The molecule has 0 saturated carbocycles. The minimum atomic E-state index is -0.669. The molecule has 1 N–H and O–H groups in total. The molecule has 150 valence electrons. The van der Waals surface area contributed by atoms with E-state index >= 15 is 0 Å². The third-order valence-electron chi connectivity index (χ3n) is 5.25. The first-order valence-electron chi connectivity index (χ1n) is 9.66. The summed E-state index contributed by atoms with van der Waals surface area (Å²) in [6.07, 6.45) is 0. The van der Waals surface area contributed by atoms with E-state index in [1.54, 1.807) is 36.4 Å². The maximum Gasteiger partial charge on any atom is 0.349 e. The highest BCUT2D eigenvalue weighted by Crippen LogP contribution is 2.30. The van der Waals surface area contributed by atoms with Crippen molar-refractivity contribution in [1.82, 2.24) is 4.90 Å². The molecule has 3 aromatic rings.